The van der Waals surface area contributed by atoms with Crippen LogP contribution in [0.15, 0.2) is 36.7 Å². The summed E-state index contributed by atoms with van der Waals surface area (Å²) in [5.41, 5.74) is 0.733. The summed E-state index contributed by atoms with van der Waals surface area (Å²) in [4.78, 5) is 8.19. The standard InChI is InChI=1S/C11H8ClIN2O/c12-5-9-6-15-11(7-14-9)16-10-3-1-8(13)2-4-10/h1-4,6-7H,5H2. The number of hydrogen-bond acceptors (Lipinski definition) is 3. The lowest BCUT2D eigenvalue weighted by Gasteiger charge is -2.04. The second-order valence-corrected chi connectivity index (χ2v) is 4.55. The Kier molecular flexibility index (Phi) is 3.95. The molecule has 0 aliphatic carbocycles. The molecule has 0 N–H and O–H groups in total. The molecule has 1 aromatic carbocycles. The second-order valence-electron chi connectivity index (χ2n) is 3.04. The first-order valence-corrected chi connectivity index (χ1v) is 6.19. The number of rotatable bonds is 3. The summed E-state index contributed by atoms with van der Waals surface area (Å²) in [5, 5.41) is 0. The molecule has 0 saturated carbocycles. The van der Waals surface area contributed by atoms with Gasteiger partial charge in [0.1, 0.15) is 5.75 Å². The fourth-order valence-corrected chi connectivity index (χ4v) is 1.59. The van der Waals surface area contributed by atoms with Gasteiger partial charge in [-0.05, 0) is 46.9 Å². The maximum atomic E-state index is 5.61. The number of aromatic nitrogens is 2. The predicted molar refractivity (Wildman–Crippen MR) is 70.8 cm³/mol. The average Bonchev–Trinajstić information content (AvgIpc) is 2.33. The van der Waals surface area contributed by atoms with Gasteiger partial charge in [-0.3, -0.25) is 4.98 Å². The minimum atomic E-state index is 0.358. The lowest BCUT2D eigenvalue weighted by molar-refractivity contribution is 0.459. The molecule has 0 bridgehead atoms. The van der Waals surface area contributed by atoms with Crippen LogP contribution in [-0.4, -0.2) is 9.97 Å². The Hall–Kier alpha value is -0.880. The average molecular weight is 347 g/mol. The highest BCUT2D eigenvalue weighted by atomic mass is 127. The van der Waals surface area contributed by atoms with Gasteiger partial charge in [0, 0.05) is 3.57 Å². The van der Waals surface area contributed by atoms with E-state index in [-0.39, 0.29) is 0 Å². The van der Waals surface area contributed by atoms with Crippen molar-refractivity contribution in [3.8, 4) is 11.6 Å². The molecule has 2 rings (SSSR count). The van der Waals surface area contributed by atoms with Crippen LogP contribution in [0.1, 0.15) is 5.69 Å². The Bertz CT molecular complexity index is 458. The lowest BCUT2D eigenvalue weighted by atomic mass is 10.3. The Morgan fingerprint density at radius 2 is 1.88 bits per heavy atom. The van der Waals surface area contributed by atoms with Crippen LogP contribution in [0.5, 0.6) is 11.6 Å². The lowest BCUT2D eigenvalue weighted by Crippen LogP contribution is -1.92. The highest BCUT2D eigenvalue weighted by molar-refractivity contribution is 14.1. The van der Waals surface area contributed by atoms with Crippen molar-refractivity contribution in [3.05, 3.63) is 45.9 Å². The van der Waals surface area contributed by atoms with Gasteiger partial charge in [0.05, 0.1) is 24.0 Å². The largest absolute Gasteiger partial charge is 0.438 e. The van der Waals surface area contributed by atoms with Crippen LogP contribution in [0.25, 0.3) is 0 Å². The molecule has 16 heavy (non-hydrogen) atoms. The van der Waals surface area contributed by atoms with E-state index in [0.29, 0.717) is 11.8 Å². The molecule has 0 unspecified atom stereocenters. The van der Waals surface area contributed by atoms with Crippen LogP contribution in [-0.2, 0) is 5.88 Å². The van der Waals surface area contributed by atoms with E-state index < -0.39 is 0 Å². The molecule has 0 aliphatic heterocycles. The zero-order valence-corrected chi connectivity index (χ0v) is 11.1. The third kappa shape index (κ3) is 3.05. The summed E-state index contributed by atoms with van der Waals surface area (Å²) in [6, 6.07) is 7.71. The van der Waals surface area contributed by atoms with Gasteiger partial charge >= 0.3 is 0 Å². The first-order valence-electron chi connectivity index (χ1n) is 4.58. The third-order valence-corrected chi connectivity index (χ3v) is 2.85. The minimum Gasteiger partial charge on any atom is -0.438 e. The Balaban J connectivity index is 2.11. The molecule has 5 heteroatoms. The molecule has 0 spiro atoms. The second kappa shape index (κ2) is 5.45. The number of alkyl halides is 1. The molecule has 3 nitrogen and oxygen atoms in total. The van der Waals surface area contributed by atoms with E-state index in [0.717, 1.165) is 15.0 Å². The molecule has 0 fully saturated rings. The van der Waals surface area contributed by atoms with Crippen molar-refractivity contribution in [1.82, 2.24) is 9.97 Å². The van der Waals surface area contributed by atoms with Crippen LogP contribution < -0.4 is 4.74 Å². The van der Waals surface area contributed by atoms with Crippen LogP contribution in [0.4, 0.5) is 0 Å². The normalized spacial score (nSPS) is 10.1. The zero-order valence-electron chi connectivity index (χ0n) is 8.23. The summed E-state index contributed by atoms with van der Waals surface area (Å²) in [6.07, 6.45) is 3.17. The molecule has 0 aliphatic rings. The number of ether oxygens (including phenoxy) is 1. The van der Waals surface area contributed by atoms with Gasteiger partial charge in [0.2, 0.25) is 5.88 Å². The Labute approximate surface area is 112 Å². The molecular weight excluding hydrogens is 338 g/mol. The van der Waals surface area contributed by atoms with E-state index in [1.165, 1.54) is 0 Å². The summed E-state index contributed by atoms with van der Waals surface area (Å²) in [5.74, 6) is 1.57. The van der Waals surface area contributed by atoms with Crippen molar-refractivity contribution < 1.29 is 4.74 Å². The molecule has 0 saturated heterocycles. The summed E-state index contributed by atoms with van der Waals surface area (Å²) < 4.78 is 6.67. The van der Waals surface area contributed by atoms with Crippen LogP contribution in [0, 0.1) is 3.57 Å². The van der Waals surface area contributed by atoms with Crippen LogP contribution in [0.2, 0.25) is 0 Å². The highest BCUT2D eigenvalue weighted by Gasteiger charge is 1.99. The van der Waals surface area contributed by atoms with Gasteiger partial charge in [0.15, 0.2) is 0 Å². The summed E-state index contributed by atoms with van der Waals surface area (Å²) in [7, 11) is 0. The van der Waals surface area contributed by atoms with Gasteiger partial charge in [-0.15, -0.1) is 11.6 Å². The van der Waals surface area contributed by atoms with Crippen molar-refractivity contribution >= 4 is 34.2 Å². The topological polar surface area (TPSA) is 35.0 Å². The first-order chi connectivity index (χ1) is 7.78. The SMILES string of the molecule is ClCc1cnc(Oc2ccc(I)cc2)cn1. The quantitative estimate of drug-likeness (QED) is 0.629. The van der Waals surface area contributed by atoms with Gasteiger partial charge in [-0.2, -0.15) is 0 Å². The van der Waals surface area contributed by atoms with Gasteiger partial charge in [-0.1, -0.05) is 0 Å². The van der Waals surface area contributed by atoms with E-state index in [4.69, 9.17) is 16.3 Å². The van der Waals surface area contributed by atoms with Crippen molar-refractivity contribution in [3.63, 3.8) is 0 Å². The van der Waals surface area contributed by atoms with Gasteiger partial charge < -0.3 is 4.74 Å². The van der Waals surface area contributed by atoms with Crippen molar-refractivity contribution in [2.75, 3.05) is 0 Å². The minimum absolute atomic E-state index is 0.358. The fraction of sp³-hybridized carbons (Fsp3) is 0.0909. The number of hydrogen-bond donors (Lipinski definition) is 0. The maximum Gasteiger partial charge on any atom is 0.237 e. The van der Waals surface area contributed by atoms with E-state index in [1.807, 2.05) is 24.3 Å². The molecule has 1 aromatic heterocycles. The molecule has 0 atom stereocenters. The fourth-order valence-electron chi connectivity index (χ4n) is 1.09. The van der Waals surface area contributed by atoms with Gasteiger partial charge in [0.25, 0.3) is 0 Å². The summed E-state index contributed by atoms with van der Waals surface area (Å²) in [6.45, 7) is 0. The highest BCUT2D eigenvalue weighted by Crippen LogP contribution is 2.19. The molecule has 0 radical (unpaired) electrons. The summed E-state index contributed by atoms with van der Waals surface area (Å²) >= 11 is 7.85. The van der Waals surface area contributed by atoms with E-state index >= 15 is 0 Å². The Morgan fingerprint density at radius 3 is 2.44 bits per heavy atom. The molecule has 82 valence electrons. The van der Waals surface area contributed by atoms with Crippen molar-refractivity contribution in [1.29, 1.82) is 0 Å². The number of nitrogens with zero attached hydrogens (tertiary/aromatic N) is 2. The van der Waals surface area contributed by atoms with E-state index in [1.54, 1.807) is 12.4 Å². The van der Waals surface area contributed by atoms with Crippen molar-refractivity contribution in [2.45, 2.75) is 5.88 Å². The van der Waals surface area contributed by atoms with Gasteiger partial charge in [-0.25, -0.2) is 4.98 Å². The van der Waals surface area contributed by atoms with Crippen LogP contribution >= 0.6 is 34.2 Å². The smallest absolute Gasteiger partial charge is 0.237 e. The number of halogens is 2. The molecule has 2 aromatic rings. The third-order valence-electron chi connectivity index (χ3n) is 1.85. The zero-order chi connectivity index (χ0) is 11.4. The maximum absolute atomic E-state index is 5.61. The Morgan fingerprint density at radius 1 is 1.12 bits per heavy atom. The van der Waals surface area contributed by atoms with Crippen molar-refractivity contribution in [2.24, 2.45) is 0 Å². The van der Waals surface area contributed by atoms with E-state index in [2.05, 4.69) is 32.6 Å². The van der Waals surface area contributed by atoms with Crippen LogP contribution in [0.3, 0.4) is 0 Å². The molecule has 0 amide bonds. The van der Waals surface area contributed by atoms with E-state index in [9.17, 15) is 0 Å². The molecule has 1 heterocycles. The first kappa shape index (κ1) is 11.6. The molecular formula is C11H8ClIN2O. The predicted octanol–water partition coefficient (Wildman–Crippen LogP) is 3.61. The monoisotopic (exact) mass is 346 g/mol. The number of benzene rings is 1.